The first-order valence-corrected chi connectivity index (χ1v) is 7.94. The molecule has 0 spiro atoms. The van der Waals surface area contributed by atoms with Crippen molar-refractivity contribution >= 4 is 11.9 Å². The molecule has 1 atom stereocenters. The number of nitrogens with one attached hydrogen (secondary N) is 1. The highest BCUT2D eigenvalue weighted by atomic mass is 16.5. The van der Waals surface area contributed by atoms with E-state index >= 15 is 0 Å². The minimum absolute atomic E-state index is 0.0330. The molecule has 0 bridgehead atoms. The van der Waals surface area contributed by atoms with Crippen molar-refractivity contribution in [3.8, 4) is 17.2 Å². The Balaban J connectivity index is 1.93. The molecule has 1 N–H and O–H groups in total. The summed E-state index contributed by atoms with van der Waals surface area (Å²) in [6.45, 7) is 0.744. The maximum atomic E-state index is 12.3. The topological polar surface area (TPSA) is 92.3 Å². The van der Waals surface area contributed by atoms with E-state index in [1.807, 2.05) is 0 Å². The largest absolute Gasteiger partial charge is 0.496 e. The van der Waals surface area contributed by atoms with E-state index in [-0.39, 0.29) is 29.9 Å². The third-order valence-corrected chi connectivity index (χ3v) is 3.81. The molecule has 0 radical (unpaired) electrons. The summed E-state index contributed by atoms with van der Waals surface area (Å²) >= 11 is 0. The van der Waals surface area contributed by atoms with Gasteiger partial charge in [-0.15, -0.1) is 0 Å². The van der Waals surface area contributed by atoms with Crippen LogP contribution in [0.25, 0.3) is 0 Å². The van der Waals surface area contributed by atoms with Gasteiger partial charge < -0.3 is 29.0 Å². The maximum Gasteiger partial charge on any atom is 0.342 e. The van der Waals surface area contributed by atoms with Gasteiger partial charge in [0.1, 0.15) is 11.3 Å². The van der Waals surface area contributed by atoms with Gasteiger partial charge in [0.25, 0.3) is 5.91 Å². The normalized spacial score (nSPS) is 16.2. The van der Waals surface area contributed by atoms with E-state index < -0.39 is 5.97 Å². The summed E-state index contributed by atoms with van der Waals surface area (Å²) < 4.78 is 26.0. The lowest BCUT2D eigenvalue weighted by Gasteiger charge is -2.14. The predicted octanol–water partition coefficient (Wildman–Crippen LogP) is 1.16. The molecule has 1 saturated heterocycles. The number of carbonyl (C=O) groups excluding carboxylic acids is 2. The van der Waals surface area contributed by atoms with Gasteiger partial charge >= 0.3 is 5.97 Å². The second kappa shape index (κ2) is 9.12. The molecule has 0 aliphatic carbocycles. The van der Waals surface area contributed by atoms with Crippen LogP contribution in [-0.4, -0.2) is 59.1 Å². The van der Waals surface area contributed by atoms with Crippen LogP contribution in [0.15, 0.2) is 12.1 Å². The SMILES string of the molecule is COc1cc(OC)c(C(=O)OCC(=O)NC[C@@H]2CCCO2)cc1OC. The molecule has 0 aromatic heterocycles. The first-order chi connectivity index (χ1) is 12.1. The molecule has 2 rings (SSSR count). The lowest BCUT2D eigenvalue weighted by molar-refractivity contribution is -0.124. The fourth-order valence-corrected chi connectivity index (χ4v) is 2.48. The number of carbonyl (C=O) groups is 2. The summed E-state index contributed by atoms with van der Waals surface area (Å²) in [5.74, 6) is -0.0286. The highest BCUT2D eigenvalue weighted by Gasteiger charge is 2.20. The molecule has 25 heavy (non-hydrogen) atoms. The van der Waals surface area contributed by atoms with Crippen LogP contribution in [0, 0.1) is 0 Å². The number of amides is 1. The van der Waals surface area contributed by atoms with Crippen molar-refractivity contribution in [1.29, 1.82) is 0 Å². The fourth-order valence-electron chi connectivity index (χ4n) is 2.48. The molecule has 1 aliphatic rings. The van der Waals surface area contributed by atoms with Gasteiger partial charge in [-0.3, -0.25) is 4.79 Å². The lowest BCUT2D eigenvalue weighted by Crippen LogP contribution is -2.34. The van der Waals surface area contributed by atoms with Crippen LogP contribution in [0.3, 0.4) is 0 Å². The molecule has 1 aromatic rings. The van der Waals surface area contributed by atoms with Crippen molar-refractivity contribution in [2.24, 2.45) is 0 Å². The van der Waals surface area contributed by atoms with E-state index in [0.29, 0.717) is 24.7 Å². The molecule has 0 unspecified atom stereocenters. The third-order valence-electron chi connectivity index (χ3n) is 3.81. The zero-order valence-electron chi connectivity index (χ0n) is 14.6. The maximum absolute atomic E-state index is 12.3. The van der Waals surface area contributed by atoms with Crippen LogP contribution in [0.5, 0.6) is 17.2 Å². The minimum atomic E-state index is -0.690. The number of esters is 1. The molecule has 8 nitrogen and oxygen atoms in total. The zero-order valence-corrected chi connectivity index (χ0v) is 14.6. The molecule has 1 fully saturated rings. The van der Waals surface area contributed by atoms with E-state index in [9.17, 15) is 9.59 Å². The average molecular weight is 353 g/mol. The minimum Gasteiger partial charge on any atom is -0.496 e. The Morgan fingerprint density at radius 2 is 1.80 bits per heavy atom. The van der Waals surface area contributed by atoms with E-state index in [0.717, 1.165) is 12.8 Å². The van der Waals surface area contributed by atoms with Gasteiger partial charge in [0, 0.05) is 25.3 Å². The van der Waals surface area contributed by atoms with Crippen molar-refractivity contribution in [3.63, 3.8) is 0 Å². The number of benzene rings is 1. The van der Waals surface area contributed by atoms with Crippen LogP contribution in [-0.2, 0) is 14.3 Å². The van der Waals surface area contributed by atoms with Crippen LogP contribution in [0.2, 0.25) is 0 Å². The zero-order chi connectivity index (χ0) is 18.2. The van der Waals surface area contributed by atoms with Gasteiger partial charge in [-0.2, -0.15) is 0 Å². The Kier molecular flexibility index (Phi) is 6.88. The van der Waals surface area contributed by atoms with Gasteiger partial charge in [0.05, 0.1) is 27.4 Å². The molecule has 8 heteroatoms. The van der Waals surface area contributed by atoms with Crippen molar-refractivity contribution in [1.82, 2.24) is 5.32 Å². The van der Waals surface area contributed by atoms with Crippen LogP contribution >= 0.6 is 0 Å². The van der Waals surface area contributed by atoms with Gasteiger partial charge in [0.2, 0.25) is 0 Å². The van der Waals surface area contributed by atoms with Gasteiger partial charge in [-0.25, -0.2) is 4.79 Å². The molecule has 0 saturated carbocycles. The summed E-state index contributed by atoms with van der Waals surface area (Å²) in [5.41, 5.74) is 0.145. The summed E-state index contributed by atoms with van der Waals surface area (Å²) in [6.07, 6.45) is 1.95. The third kappa shape index (κ3) is 4.99. The van der Waals surface area contributed by atoms with Gasteiger partial charge in [-0.1, -0.05) is 0 Å². The summed E-state index contributed by atoms with van der Waals surface area (Å²) in [5, 5.41) is 2.68. The van der Waals surface area contributed by atoms with E-state index in [1.54, 1.807) is 0 Å². The number of hydrogen-bond acceptors (Lipinski definition) is 7. The predicted molar refractivity (Wildman–Crippen MR) is 88.4 cm³/mol. The second-order valence-corrected chi connectivity index (χ2v) is 5.42. The van der Waals surface area contributed by atoms with Crippen molar-refractivity contribution < 1.29 is 33.3 Å². The van der Waals surface area contributed by atoms with Gasteiger partial charge in [0.15, 0.2) is 18.1 Å². The Hall–Kier alpha value is -2.48. The number of rotatable bonds is 8. The molecular weight excluding hydrogens is 330 g/mol. The van der Waals surface area contributed by atoms with Crippen molar-refractivity contribution in [2.75, 3.05) is 41.1 Å². The van der Waals surface area contributed by atoms with Crippen molar-refractivity contribution in [2.45, 2.75) is 18.9 Å². The molecule has 1 aliphatic heterocycles. The smallest absolute Gasteiger partial charge is 0.342 e. The van der Waals surface area contributed by atoms with Crippen LogP contribution in [0.4, 0.5) is 0 Å². The van der Waals surface area contributed by atoms with E-state index in [2.05, 4.69) is 5.32 Å². The molecule has 1 amide bonds. The Morgan fingerprint density at radius 1 is 1.12 bits per heavy atom. The average Bonchev–Trinajstić information content (AvgIpc) is 3.16. The number of hydrogen-bond donors (Lipinski definition) is 1. The molecule has 138 valence electrons. The van der Waals surface area contributed by atoms with Crippen LogP contribution < -0.4 is 19.5 Å². The van der Waals surface area contributed by atoms with Gasteiger partial charge in [-0.05, 0) is 12.8 Å². The highest BCUT2D eigenvalue weighted by Crippen LogP contribution is 2.34. The van der Waals surface area contributed by atoms with E-state index in [4.69, 9.17) is 23.7 Å². The lowest BCUT2D eigenvalue weighted by atomic mass is 10.1. The summed E-state index contributed by atoms with van der Waals surface area (Å²) in [6, 6.07) is 2.97. The van der Waals surface area contributed by atoms with Crippen LogP contribution in [0.1, 0.15) is 23.2 Å². The summed E-state index contributed by atoms with van der Waals surface area (Å²) in [4.78, 5) is 24.0. The first kappa shape index (κ1) is 18.9. The Morgan fingerprint density at radius 3 is 2.40 bits per heavy atom. The Bertz CT molecular complexity index is 611. The highest BCUT2D eigenvalue weighted by molar-refractivity contribution is 5.95. The van der Waals surface area contributed by atoms with Crippen molar-refractivity contribution in [3.05, 3.63) is 17.7 Å². The monoisotopic (exact) mass is 353 g/mol. The van der Waals surface area contributed by atoms with E-state index in [1.165, 1.54) is 33.5 Å². The summed E-state index contributed by atoms with van der Waals surface area (Å²) in [7, 11) is 4.36. The first-order valence-electron chi connectivity index (χ1n) is 7.94. The quantitative estimate of drug-likeness (QED) is 0.701. The fraction of sp³-hybridized carbons (Fsp3) is 0.529. The number of ether oxygens (including phenoxy) is 5. The second-order valence-electron chi connectivity index (χ2n) is 5.42. The molecule has 1 heterocycles. The standard InChI is InChI=1S/C17H23NO7/c1-21-13-8-15(23-3)14(22-2)7-12(13)17(20)25-10-16(19)18-9-11-5-4-6-24-11/h7-8,11H,4-6,9-10H2,1-3H3,(H,18,19)/t11-/m0/s1. The molecular formula is C17H23NO7. The number of methoxy groups -OCH3 is 3. The Labute approximate surface area is 146 Å². The molecule has 1 aromatic carbocycles.